The summed E-state index contributed by atoms with van der Waals surface area (Å²) < 4.78 is 11.1. The summed E-state index contributed by atoms with van der Waals surface area (Å²) in [4.78, 5) is 41.5. The number of nitrogens with zero attached hydrogens (tertiary/aromatic N) is 1. The van der Waals surface area contributed by atoms with Crippen LogP contribution < -0.4 is 14.8 Å². The predicted octanol–water partition coefficient (Wildman–Crippen LogP) is 3.04. The molecule has 2 amide bonds. The molecule has 0 aromatic heterocycles. The second kappa shape index (κ2) is 9.10. The topological polar surface area (TPSA) is 105 Å². The number of likely N-dealkylation sites (tertiary alicyclic amines) is 1. The van der Waals surface area contributed by atoms with E-state index in [0.29, 0.717) is 29.0 Å². The van der Waals surface area contributed by atoms with Crippen molar-refractivity contribution in [3.05, 3.63) is 59.2 Å². The highest BCUT2D eigenvalue weighted by molar-refractivity contribution is 6.09. The van der Waals surface area contributed by atoms with Gasteiger partial charge in [-0.25, -0.2) is 4.79 Å². The Kier molecular flexibility index (Phi) is 6.36. The lowest BCUT2D eigenvalue weighted by molar-refractivity contribution is -0.152. The molecule has 2 aromatic rings. The summed E-state index contributed by atoms with van der Waals surface area (Å²) in [6, 6.07) is 11.4. The highest BCUT2D eigenvalue weighted by Gasteiger charge is 2.69. The number of rotatable bonds is 8. The van der Waals surface area contributed by atoms with Crippen LogP contribution in [0.4, 0.5) is 0 Å². The molecule has 4 unspecified atom stereocenters. The van der Waals surface area contributed by atoms with Gasteiger partial charge in [-0.15, -0.1) is 0 Å². The van der Waals surface area contributed by atoms with Crippen LogP contribution in [0.1, 0.15) is 42.5 Å². The number of hydrogen-bond donors (Lipinski definition) is 2. The van der Waals surface area contributed by atoms with E-state index in [1.807, 2.05) is 13.8 Å². The van der Waals surface area contributed by atoms with Gasteiger partial charge in [-0.1, -0.05) is 49.7 Å². The van der Waals surface area contributed by atoms with E-state index in [9.17, 15) is 19.5 Å². The molecule has 2 fully saturated rings. The maximum absolute atomic E-state index is 13.6. The minimum atomic E-state index is -1.76. The van der Waals surface area contributed by atoms with Gasteiger partial charge in [0.25, 0.3) is 0 Å². The fraction of sp³-hybridized carbons (Fsp3) is 0.423. The number of aliphatic carboxylic acids is 1. The molecule has 2 aromatic carbocycles. The third-order valence-electron chi connectivity index (χ3n) is 7.10. The van der Waals surface area contributed by atoms with Crippen LogP contribution in [0.15, 0.2) is 42.5 Å². The molecule has 0 radical (unpaired) electrons. The van der Waals surface area contributed by atoms with E-state index in [1.165, 1.54) is 12.0 Å². The van der Waals surface area contributed by atoms with Crippen LogP contribution in [0.2, 0.25) is 0 Å². The summed E-state index contributed by atoms with van der Waals surface area (Å²) in [6.07, 6.45) is 1.47. The molecule has 34 heavy (non-hydrogen) atoms. The Hall–Kier alpha value is -3.39. The van der Waals surface area contributed by atoms with Gasteiger partial charge in [0.15, 0.2) is 5.54 Å². The molecular weight excluding hydrogens is 436 g/mol. The van der Waals surface area contributed by atoms with Crippen molar-refractivity contribution < 1.29 is 29.0 Å². The Morgan fingerprint density at radius 1 is 1.09 bits per heavy atom. The lowest BCUT2D eigenvalue weighted by atomic mass is 9.75. The van der Waals surface area contributed by atoms with Crippen LogP contribution in [0, 0.1) is 18.8 Å². The fourth-order valence-electron chi connectivity index (χ4n) is 5.49. The normalized spacial score (nSPS) is 26.0. The van der Waals surface area contributed by atoms with Gasteiger partial charge in [-0.2, -0.15) is 0 Å². The van der Waals surface area contributed by atoms with E-state index >= 15 is 0 Å². The molecule has 0 aliphatic carbocycles. The quantitative estimate of drug-likeness (QED) is 0.576. The van der Waals surface area contributed by atoms with E-state index in [2.05, 4.69) is 5.32 Å². The number of hydrogen-bond acceptors (Lipinski definition) is 6. The highest BCUT2D eigenvalue weighted by atomic mass is 16.5. The number of nitrogens with one attached hydrogen (secondary N) is 1. The van der Waals surface area contributed by atoms with Crippen molar-refractivity contribution in [2.75, 3.05) is 20.8 Å². The Morgan fingerprint density at radius 2 is 1.79 bits per heavy atom. The Morgan fingerprint density at radius 3 is 2.38 bits per heavy atom. The summed E-state index contributed by atoms with van der Waals surface area (Å²) in [5, 5.41) is 13.8. The Labute approximate surface area is 198 Å². The zero-order chi connectivity index (χ0) is 24.6. The maximum atomic E-state index is 13.6. The van der Waals surface area contributed by atoms with Gasteiger partial charge < -0.3 is 14.6 Å². The number of fused-ring (bicyclic) bond motifs is 1. The van der Waals surface area contributed by atoms with Crippen molar-refractivity contribution in [1.82, 2.24) is 10.2 Å². The van der Waals surface area contributed by atoms with Crippen molar-refractivity contribution in [2.24, 2.45) is 11.8 Å². The smallest absolute Gasteiger partial charge is 0.329 e. The zero-order valence-electron chi connectivity index (χ0n) is 19.8. The van der Waals surface area contributed by atoms with Crippen LogP contribution in [0.3, 0.4) is 0 Å². The Bertz CT molecular complexity index is 1120. The first kappa shape index (κ1) is 23.8. The van der Waals surface area contributed by atoms with E-state index < -0.39 is 35.3 Å². The van der Waals surface area contributed by atoms with Crippen LogP contribution >= 0.6 is 0 Å². The number of carboxylic acid groups (broad SMARTS) is 1. The van der Waals surface area contributed by atoms with Gasteiger partial charge in [0.05, 0.1) is 26.1 Å². The largest absolute Gasteiger partial charge is 0.496 e. The Balaban J connectivity index is 1.94. The predicted molar refractivity (Wildman–Crippen MR) is 125 cm³/mol. The van der Waals surface area contributed by atoms with Crippen molar-refractivity contribution in [2.45, 2.75) is 38.3 Å². The molecule has 0 saturated carbocycles. The molecule has 8 nitrogen and oxygen atoms in total. The number of carbonyl (C=O) groups is 3. The second-order valence-electron chi connectivity index (χ2n) is 8.80. The summed E-state index contributed by atoms with van der Waals surface area (Å²) >= 11 is 0. The van der Waals surface area contributed by atoms with Gasteiger partial charge in [0.2, 0.25) is 11.8 Å². The second-order valence-corrected chi connectivity index (χ2v) is 8.80. The first-order valence-corrected chi connectivity index (χ1v) is 11.5. The maximum Gasteiger partial charge on any atom is 0.329 e. The summed E-state index contributed by atoms with van der Waals surface area (Å²) in [6.45, 7) is 4.09. The van der Waals surface area contributed by atoms with E-state index in [0.717, 1.165) is 12.0 Å². The van der Waals surface area contributed by atoms with E-state index in [-0.39, 0.29) is 12.5 Å². The van der Waals surface area contributed by atoms with E-state index in [1.54, 1.807) is 49.6 Å². The number of carbonyl (C=O) groups excluding carboxylic acids is 2. The average Bonchev–Trinajstić information content (AvgIpc) is 3.32. The minimum absolute atomic E-state index is 0.275. The molecule has 2 N–H and O–H groups in total. The molecule has 8 heteroatoms. The van der Waals surface area contributed by atoms with Gasteiger partial charge in [-0.05, 0) is 25.0 Å². The molecule has 0 spiro atoms. The van der Waals surface area contributed by atoms with Crippen molar-refractivity contribution >= 4 is 17.8 Å². The molecule has 180 valence electrons. The third kappa shape index (κ3) is 3.36. The van der Waals surface area contributed by atoms with Crippen LogP contribution in [-0.2, 0) is 19.9 Å². The zero-order valence-corrected chi connectivity index (χ0v) is 19.8. The summed E-state index contributed by atoms with van der Waals surface area (Å²) in [5.74, 6) is -2.86. The molecule has 2 heterocycles. The molecule has 4 rings (SSSR count). The van der Waals surface area contributed by atoms with E-state index in [4.69, 9.17) is 9.47 Å². The number of unbranched alkanes of at least 4 members (excludes halogenated alkanes) is 1. The number of ether oxygens (including phenoxy) is 2. The summed E-state index contributed by atoms with van der Waals surface area (Å²) in [5.41, 5.74) is 0.0207. The SMILES string of the molecule is CCCCN1C(=O)C2C(c3ccc(OC)c(C)c3OC)NC(C(=O)O)(c3ccccc3)C2C1=O. The van der Waals surface area contributed by atoms with Gasteiger partial charge in [0, 0.05) is 23.7 Å². The van der Waals surface area contributed by atoms with Gasteiger partial charge >= 0.3 is 5.97 Å². The van der Waals surface area contributed by atoms with Gasteiger partial charge in [-0.3, -0.25) is 19.8 Å². The molecule has 0 bridgehead atoms. The monoisotopic (exact) mass is 466 g/mol. The van der Waals surface area contributed by atoms with Crippen LogP contribution in [-0.4, -0.2) is 48.6 Å². The first-order chi connectivity index (χ1) is 16.3. The molecular formula is C26H30N2O6. The van der Waals surface area contributed by atoms with Crippen LogP contribution in [0.5, 0.6) is 11.5 Å². The number of benzene rings is 2. The van der Waals surface area contributed by atoms with Crippen LogP contribution in [0.25, 0.3) is 0 Å². The average molecular weight is 467 g/mol. The number of methoxy groups -OCH3 is 2. The molecule has 4 atom stereocenters. The molecule has 2 aliphatic rings. The lowest BCUT2D eigenvalue weighted by Crippen LogP contribution is -2.53. The number of imide groups is 1. The standard InChI is InChI=1S/C26H30N2O6/c1-5-6-14-28-23(29)19-20(24(28)30)26(25(31)32,16-10-8-7-9-11-16)27-21(19)17-12-13-18(33-3)15(2)22(17)34-4/h7-13,19-21,27H,5-6,14H2,1-4H3,(H,31,32). The number of amides is 2. The summed E-state index contributed by atoms with van der Waals surface area (Å²) in [7, 11) is 3.08. The third-order valence-corrected chi connectivity index (χ3v) is 7.10. The molecule has 2 saturated heterocycles. The van der Waals surface area contributed by atoms with Gasteiger partial charge in [0.1, 0.15) is 11.5 Å². The fourth-order valence-corrected chi connectivity index (χ4v) is 5.49. The van der Waals surface area contributed by atoms with Crippen molar-refractivity contribution in [3.63, 3.8) is 0 Å². The first-order valence-electron chi connectivity index (χ1n) is 11.5. The van der Waals surface area contributed by atoms with Crippen molar-refractivity contribution in [1.29, 1.82) is 0 Å². The lowest BCUT2D eigenvalue weighted by Gasteiger charge is -2.32. The minimum Gasteiger partial charge on any atom is -0.496 e. The molecule has 2 aliphatic heterocycles. The van der Waals surface area contributed by atoms with Crippen molar-refractivity contribution in [3.8, 4) is 11.5 Å². The highest BCUT2D eigenvalue weighted by Crippen LogP contribution is 2.54. The number of carboxylic acids is 1.